The maximum Gasteiger partial charge on any atom is 0.313 e. The maximum absolute atomic E-state index is 13.7. The molecule has 25 heteroatoms. The SMILES string of the molecule is Cc1nnc(C(C)C)n1C1CC2N(CC[C@H](NC(=O)C3CN(C(=O)CC4CCN(CCCCc5cn(CCOCCOCCOCCOCCOCCOCCOCCOCCC(=O)Oc6c(F)cc(F)cc6F)nn5)CC4)C3)c3ccccc3)C3CCC321. The zero-order valence-electron chi connectivity index (χ0n) is 52.3. The Labute approximate surface area is 521 Å². The first kappa shape index (κ1) is 67.9. The van der Waals surface area contributed by atoms with Gasteiger partial charge in [-0.3, -0.25) is 19.3 Å². The Balaban J connectivity index is 0.506. The van der Waals surface area contributed by atoms with Crippen molar-refractivity contribution < 1.29 is 70.2 Å². The predicted octanol–water partition coefficient (Wildman–Crippen LogP) is 6.46. The van der Waals surface area contributed by atoms with Crippen molar-refractivity contribution in [2.45, 2.75) is 128 Å². The number of unbranched alkanes of at least 4 members (excludes halogenated alkanes) is 1. The van der Waals surface area contributed by atoms with Gasteiger partial charge >= 0.3 is 5.97 Å². The number of likely N-dealkylation sites (tertiary alicyclic amines) is 3. The third-order valence-corrected chi connectivity index (χ3v) is 18.1. The van der Waals surface area contributed by atoms with Gasteiger partial charge in [0.2, 0.25) is 17.6 Å². The lowest BCUT2D eigenvalue weighted by molar-refractivity contribution is -0.295. The highest BCUT2D eigenvalue weighted by Crippen LogP contribution is 2.73. The number of rotatable bonds is 43. The normalized spacial score (nSPS) is 20.6. The van der Waals surface area contributed by atoms with Crippen LogP contribution in [0.1, 0.15) is 119 Å². The fraction of sp³-hybridized carbons (Fsp3) is 0.703. The van der Waals surface area contributed by atoms with E-state index in [0.29, 0.717) is 159 Å². The number of hydrogen-bond acceptors (Lipinski definition) is 18. The molecule has 3 saturated heterocycles. The van der Waals surface area contributed by atoms with Crippen LogP contribution in [0.15, 0.2) is 48.7 Å². The van der Waals surface area contributed by atoms with Gasteiger partial charge in [-0.1, -0.05) is 49.4 Å². The van der Waals surface area contributed by atoms with Gasteiger partial charge in [-0.25, -0.2) is 17.9 Å². The molecule has 492 valence electrons. The fourth-order valence-electron chi connectivity index (χ4n) is 13.1. The summed E-state index contributed by atoms with van der Waals surface area (Å²) in [4.78, 5) is 46.0. The molecular formula is C64H93F3N10O12. The van der Waals surface area contributed by atoms with Crippen molar-refractivity contribution in [3.63, 3.8) is 0 Å². The van der Waals surface area contributed by atoms with Crippen LogP contribution in [0, 0.1) is 41.6 Å². The van der Waals surface area contributed by atoms with E-state index in [4.69, 9.17) is 37.9 Å². The lowest BCUT2D eigenvalue weighted by Crippen LogP contribution is -2.85. The Morgan fingerprint density at radius 2 is 1.28 bits per heavy atom. The van der Waals surface area contributed by atoms with E-state index >= 15 is 0 Å². The Morgan fingerprint density at radius 3 is 1.85 bits per heavy atom. The molecule has 5 heterocycles. The number of benzene rings is 2. The number of amides is 2. The molecule has 1 N–H and O–H groups in total. The summed E-state index contributed by atoms with van der Waals surface area (Å²) in [6.45, 7) is 18.2. The Hall–Kier alpha value is -5.48. The number of aryl methyl sites for hydroxylation is 2. The molecule has 89 heavy (non-hydrogen) atoms. The summed E-state index contributed by atoms with van der Waals surface area (Å²) in [6.07, 6.45) is 11.9. The standard InChI is InChI=1S/C64H93F3N10O12/c1-46(2)62-71-69-47(3)77(62)58-42-57-64(58)17-12-56(64)76(57)21-15-55(49-9-5-4-6-10-49)68-63(80)50-43-74(44-50)59(78)39-48-13-19-73(20-14-48)18-8-7-11-52-45-75(72-70-52)22-24-82-26-28-84-30-32-86-34-36-88-38-37-87-35-33-85-31-29-83-27-25-81-23-16-60(79)89-61-53(66)40-51(65)41-54(61)67/h4-6,9-10,40-41,45-46,48,50,55-58H,7-8,11-39,42-44H2,1-3H3,(H,68,80)/t55-,56?,57?,58?,64?/m0/s1. The monoisotopic (exact) mass is 1250 g/mol. The van der Waals surface area contributed by atoms with E-state index in [0.717, 1.165) is 94.0 Å². The van der Waals surface area contributed by atoms with Crippen molar-refractivity contribution in [1.29, 1.82) is 0 Å². The molecule has 0 bridgehead atoms. The zero-order chi connectivity index (χ0) is 62.4. The number of nitrogens with one attached hydrogen (secondary N) is 1. The van der Waals surface area contributed by atoms with E-state index in [2.05, 4.69) is 90.0 Å². The van der Waals surface area contributed by atoms with Crippen LogP contribution < -0.4 is 10.1 Å². The maximum atomic E-state index is 13.7. The molecule has 5 atom stereocenters. The van der Waals surface area contributed by atoms with Crippen LogP contribution in [0.5, 0.6) is 5.75 Å². The van der Waals surface area contributed by atoms with Gasteiger partial charge in [-0.15, -0.1) is 15.3 Å². The van der Waals surface area contributed by atoms with Crippen LogP contribution in [0.25, 0.3) is 0 Å². The minimum atomic E-state index is -1.30. The third kappa shape index (κ3) is 19.1. The minimum Gasteiger partial charge on any atom is -0.420 e. The van der Waals surface area contributed by atoms with Gasteiger partial charge in [-0.2, -0.15) is 0 Å². The number of carbonyl (C=O) groups is 3. The highest BCUT2D eigenvalue weighted by Gasteiger charge is 2.75. The van der Waals surface area contributed by atoms with Crippen molar-refractivity contribution in [2.75, 3.05) is 145 Å². The summed E-state index contributed by atoms with van der Waals surface area (Å²) in [5, 5.41) is 21.1. The Bertz CT molecular complexity index is 2770. The fourth-order valence-corrected chi connectivity index (χ4v) is 13.1. The van der Waals surface area contributed by atoms with Gasteiger partial charge in [0.1, 0.15) is 17.5 Å². The summed E-state index contributed by atoms with van der Waals surface area (Å²) >= 11 is 0. The third-order valence-electron chi connectivity index (χ3n) is 18.1. The van der Waals surface area contributed by atoms with E-state index in [-0.39, 0.29) is 50.0 Å². The Morgan fingerprint density at radius 1 is 0.685 bits per heavy atom. The number of aromatic nitrogens is 6. The van der Waals surface area contributed by atoms with Crippen molar-refractivity contribution in [2.24, 2.45) is 17.3 Å². The second-order valence-electron chi connectivity index (χ2n) is 24.3. The van der Waals surface area contributed by atoms with Crippen LogP contribution >= 0.6 is 0 Å². The van der Waals surface area contributed by atoms with Crippen molar-refractivity contribution in [3.05, 3.63) is 89.0 Å². The number of ether oxygens (including phenoxy) is 9. The van der Waals surface area contributed by atoms with E-state index < -0.39 is 29.2 Å². The van der Waals surface area contributed by atoms with Gasteiger partial charge in [0.25, 0.3) is 0 Å². The summed E-state index contributed by atoms with van der Waals surface area (Å²) in [5.41, 5.74) is 2.47. The van der Waals surface area contributed by atoms with Gasteiger partial charge in [0, 0.05) is 73.8 Å². The molecule has 2 aromatic carbocycles. The molecule has 2 saturated carbocycles. The molecule has 2 aliphatic carbocycles. The van der Waals surface area contributed by atoms with Crippen LogP contribution in [0.2, 0.25) is 0 Å². The average Bonchev–Trinajstić information content (AvgIpc) is 1.35. The molecule has 5 fully saturated rings. The molecule has 4 aromatic rings. The van der Waals surface area contributed by atoms with Crippen molar-refractivity contribution in [3.8, 4) is 5.75 Å². The van der Waals surface area contributed by atoms with Crippen LogP contribution in [0.4, 0.5) is 13.2 Å². The molecule has 22 nitrogen and oxygen atoms in total. The number of carbonyl (C=O) groups excluding carboxylic acids is 3. The smallest absolute Gasteiger partial charge is 0.313 e. The second kappa shape index (κ2) is 34.8. The highest BCUT2D eigenvalue weighted by molar-refractivity contribution is 5.85. The van der Waals surface area contributed by atoms with Crippen LogP contribution in [0.3, 0.4) is 0 Å². The quantitative estimate of drug-likeness (QED) is 0.0286. The lowest BCUT2D eigenvalue weighted by atomic mass is 9.40. The number of esters is 1. The van der Waals surface area contributed by atoms with Gasteiger partial charge in [0.15, 0.2) is 11.6 Å². The van der Waals surface area contributed by atoms with E-state index in [9.17, 15) is 27.6 Å². The first-order valence-electron chi connectivity index (χ1n) is 32.3. The summed E-state index contributed by atoms with van der Waals surface area (Å²) in [5.74, 6) is -2.63. The molecule has 2 amide bonds. The first-order valence-corrected chi connectivity index (χ1v) is 32.3. The largest absolute Gasteiger partial charge is 0.420 e. The van der Waals surface area contributed by atoms with Crippen LogP contribution in [-0.2, 0) is 65.2 Å². The lowest BCUT2D eigenvalue weighted by Gasteiger charge is -2.80. The topological polar surface area (TPSA) is 217 Å². The molecular weight excluding hydrogens is 1160 g/mol. The molecule has 3 aliphatic heterocycles. The first-order chi connectivity index (χ1) is 43.4. The summed E-state index contributed by atoms with van der Waals surface area (Å²) < 4.78 is 93.1. The van der Waals surface area contributed by atoms with Gasteiger partial charge < -0.3 is 62.3 Å². The predicted molar refractivity (Wildman–Crippen MR) is 320 cm³/mol. The van der Waals surface area contributed by atoms with E-state index in [1.807, 2.05) is 21.8 Å². The number of piperidine rings is 3. The van der Waals surface area contributed by atoms with E-state index in [1.165, 1.54) is 12.8 Å². The second-order valence-corrected chi connectivity index (χ2v) is 24.3. The summed E-state index contributed by atoms with van der Waals surface area (Å²) in [6, 6.07) is 12.8. The molecule has 4 unspecified atom stereocenters. The number of hydrogen-bond donors (Lipinski definition) is 1. The molecule has 5 aliphatic rings. The zero-order valence-corrected chi connectivity index (χ0v) is 52.3. The molecule has 9 rings (SSSR count). The molecule has 2 aromatic heterocycles. The number of halogens is 3. The molecule has 1 spiro atoms. The van der Waals surface area contributed by atoms with Crippen molar-refractivity contribution in [1.82, 2.24) is 49.8 Å². The Kier molecular flexibility index (Phi) is 26.6. The van der Waals surface area contributed by atoms with E-state index in [1.54, 1.807) is 0 Å². The molecule has 0 radical (unpaired) electrons. The highest BCUT2D eigenvalue weighted by atomic mass is 19.1. The number of nitrogens with zero attached hydrogens (tertiary/aromatic N) is 9. The van der Waals surface area contributed by atoms with Crippen LogP contribution in [-0.4, -0.2) is 219 Å². The minimum absolute atomic E-state index is 0.0418. The van der Waals surface area contributed by atoms with Gasteiger partial charge in [-0.05, 0) is 95.8 Å². The average molecular weight is 1250 g/mol. The summed E-state index contributed by atoms with van der Waals surface area (Å²) in [7, 11) is 0. The van der Waals surface area contributed by atoms with Crippen molar-refractivity contribution >= 4 is 17.8 Å². The van der Waals surface area contributed by atoms with Gasteiger partial charge in [0.05, 0.1) is 136 Å².